The van der Waals surface area contributed by atoms with Crippen LogP contribution in [0.5, 0.6) is 11.5 Å². The maximum absolute atomic E-state index is 13.6. The summed E-state index contributed by atoms with van der Waals surface area (Å²) in [5, 5.41) is 8.53. The van der Waals surface area contributed by atoms with E-state index in [4.69, 9.17) is 14.6 Å². The highest BCUT2D eigenvalue weighted by atomic mass is 16.5. The predicted molar refractivity (Wildman–Crippen MR) is 144 cm³/mol. The number of likely N-dealkylation sites (tertiary alicyclic amines) is 1. The highest BCUT2D eigenvalue weighted by Crippen LogP contribution is 2.38. The highest BCUT2D eigenvalue weighted by molar-refractivity contribution is 6.19. The molecule has 7 heteroatoms. The average Bonchev–Trinajstić information content (AvgIpc) is 3.16. The zero-order chi connectivity index (χ0) is 26.3. The topological polar surface area (TPSA) is 71.4 Å². The van der Waals surface area contributed by atoms with Gasteiger partial charge in [-0.3, -0.25) is 9.59 Å². The lowest BCUT2D eigenvalue weighted by atomic mass is 9.83. The molecule has 3 aromatic rings. The summed E-state index contributed by atoms with van der Waals surface area (Å²) < 4.78 is 10.8. The van der Waals surface area contributed by atoms with Crippen LogP contribution >= 0.6 is 0 Å². The summed E-state index contributed by atoms with van der Waals surface area (Å²) >= 11 is 0. The molecule has 37 heavy (non-hydrogen) atoms. The van der Waals surface area contributed by atoms with E-state index in [9.17, 15) is 9.59 Å². The second-order valence-electron chi connectivity index (χ2n) is 10.3. The third-order valence-corrected chi connectivity index (χ3v) is 7.65. The van der Waals surface area contributed by atoms with E-state index >= 15 is 0 Å². The van der Waals surface area contributed by atoms with Gasteiger partial charge in [-0.1, -0.05) is 36.4 Å². The maximum atomic E-state index is 13.6. The van der Waals surface area contributed by atoms with Crippen LogP contribution < -0.4 is 9.47 Å². The van der Waals surface area contributed by atoms with Crippen LogP contribution in [0.2, 0.25) is 0 Å². The summed E-state index contributed by atoms with van der Waals surface area (Å²) in [5.74, 6) is 1.26. The van der Waals surface area contributed by atoms with Crippen LogP contribution in [0.25, 0.3) is 10.8 Å². The van der Waals surface area contributed by atoms with Crippen LogP contribution in [-0.2, 0) is 4.79 Å². The number of rotatable bonds is 5. The Hall–Kier alpha value is -3.87. The van der Waals surface area contributed by atoms with Crippen molar-refractivity contribution in [2.45, 2.75) is 39.7 Å². The Morgan fingerprint density at radius 1 is 0.973 bits per heavy atom. The second kappa shape index (κ2) is 9.54. The minimum atomic E-state index is -0.771. The van der Waals surface area contributed by atoms with E-state index in [1.165, 1.54) is 0 Å². The minimum absolute atomic E-state index is 0.0213. The van der Waals surface area contributed by atoms with Crippen LogP contribution in [-0.4, -0.2) is 60.8 Å². The van der Waals surface area contributed by atoms with Crippen LogP contribution in [0.1, 0.15) is 48.2 Å². The molecule has 1 fully saturated rings. The van der Waals surface area contributed by atoms with Gasteiger partial charge >= 0.3 is 0 Å². The van der Waals surface area contributed by atoms with Gasteiger partial charge in [-0.25, -0.2) is 5.01 Å². The number of fused-ring (bicyclic) bond motifs is 1. The Kier molecular flexibility index (Phi) is 6.40. The number of hydrogen-bond acceptors (Lipinski definition) is 5. The van der Waals surface area contributed by atoms with Crippen molar-refractivity contribution in [1.82, 2.24) is 9.91 Å². The number of amides is 2. The molecular weight excluding hydrogens is 466 g/mol. The number of piperidine rings is 1. The largest absolute Gasteiger partial charge is 0.493 e. The zero-order valence-electron chi connectivity index (χ0n) is 22.1. The molecule has 0 atom stereocenters. The normalized spacial score (nSPS) is 17.8. The molecule has 3 aromatic carbocycles. The third kappa shape index (κ3) is 4.22. The number of hydrogen-bond donors (Lipinski definition) is 0. The molecule has 1 saturated heterocycles. The summed E-state index contributed by atoms with van der Waals surface area (Å²) in [7, 11) is 3.19. The lowest BCUT2D eigenvalue weighted by molar-refractivity contribution is -0.137. The molecule has 0 unspecified atom stereocenters. The fourth-order valence-corrected chi connectivity index (χ4v) is 5.45. The first-order valence-corrected chi connectivity index (χ1v) is 12.7. The monoisotopic (exact) mass is 499 g/mol. The predicted octanol–water partition coefficient (Wildman–Crippen LogP) is 5.04. The van der Waals surface area contributed by atoms with Gasteiger partial charge in [-0.05, 0) is 68.1 Å². The molecule has 0 aromatic heterocycles. The van der Waals surface area contributed by atoms with E-state index in [0.717, 1.165) is 27.5 Å². The molecule has 0 bridgehead atoms. The number of benzene rings is 3. The molecule has 5 rings (SSSR count). The minimum Gasteiger partial charge on any atom is -0.493 e. The summed E-state index contributed by atoms with van der Waals surface area (Å²) in [6.07, 6.45) is 1.36. The Morgan fingerprint density at radius 3 is 2.38 bits per heavy atom. The Morgan fingerprint density at radius 2 is 1.68 bits per heavy atom. The van der Waals surface area contributed by atoms with Gasteiger partial charge in [0.05, 0.1) is 37.0 Å². The molecule has 192 valence electrons. The second-order valence-corrected chi connectivity index (χ2v) is 10.3. The standard InChI is InChI=1S/C30H33N3O4/c1-19-10-11-20-8-6-7-9-23(20)26(19)28(34)32-16-14-22(15-17-32)33-29(35)30(2,3)27(31-33)21-12-13-24(36-4)25(18-21)37-5/h6-13,18,22H,14-17H2,1-5H3. The van der Waals surface area contributed by atoms with Gasteiger partial charge < -0.3 is 14.4 Å². The molecule has 7 nitrogen and oxygen atoms in total. The van der Waals surface area contributed by atoms with Gasteiger partial charge in [0.25, 0.3) is 11.8 Å². The van der Waals surface area contributed by atoms with Gasteiger partial charge in [0.15, 0.2) is 11.5 Å². The summed E-state index contributed by atoms with van der Waals surface area (Å²) in [6, 6.07) is 17.6. The molecule has 0 spiro atoms. The average molecular weight is 500 g/mol. The molecule has 2 amide bonds. The van der Waals surface area contributed by atoms with Crippen LogP contribution in [0.15, 0.2) is 59.7 Å². The first-order chi connectivity index (χ1) is 17.8. The van der Waals surface area contributed by atoms with Crippen molar-refractivity contribution in [3.05, 3.63) is 71.3 Å². The van der Waals surface area contributed by atoms with E-state index in [0.29, 0.717) is 43.1 Å². The van der Waals surface area contributed by atoms with E-state index in [1.807, 2.05) is 74.2 Å². The molecule has 2 heterocycles. The van der Waals surface area contributed by atoms with Crippen LogP contribution in [0.3, 0.4) is 0 Å². The Balaban J connectivity index is 1.36. The van der Waals surface area contributed by atoms with Gasteiger partial charge in [-0.15, -0.1) is 0 Å². The van der Waals surface area contributed by atoms with Crippen LogP contribution in [0, 0.1) is 12.3 Å². The number of aryl methyl sites for hydroxylation is 1. The summed E-state index contributed by atoms with van der Waals surface area (Å²) in [6.45, 7) is 6.97. The summed E-state index contributed by atoms with van der Waals surface area (Å²) in [5.41, 5.74) is 2.52. The number of nitrogens with zero attached hydrogens (tertiary/aromatic N) is 3. The van der Waals surface area contributed by atoms with E-state index in [1.54, 1.807) is 19.2 Å². The van der Waals surface area contributed by atoms with Crippen molar-refractivity contribution in [2.24, 2.45) is 10.5 Å². The van der Waals surface area contributed by atoms with Crippen LogP contribution in [0.4, 0.5) is 0 Å². The first kappa shape index (κ1) is 24.8. The SMILES string of the molecule is COc1ccc(C2=NN(C3CCN(C(=O)c4c(C)ccc5ccccc45)CC3)C(=O)C2(C)C)cc1OC. The molecule has 0 radical (unpaired) electrons. The number of carbonyl (C=O) groups excluding carboxylic acids is 2. The van der Waals surface area contributed by atoms with Gasteiger partial charge in [-0.2, -0.15) is 5.10 Å². The molecule has 0 saturated carbocycles. The third-order valence-electron chi connectivity index (χ3n) is 7.65. The lowest BCUT2D eigenvalue weighted by Gasteiger charge is -2.36. The number of carbonyl (C=O) groups is 2. The first-order valence-electron chi connectivity index (χ1n) is 12.7. The molecule has 2 aliphatic rings. The number of ether oxygens (including phenoxy) is 2. The Labute approximate surface area is 217 Å². The Bertz CT molecular complexity index is 1400. The highest BCUT2D eigenvalue weighted by Gasteiger charge is 2.47. The van der Waals surface area contributed by atoms with Crippen molar-refractivity contribution in [2.75, 3.05) is 27.3 Å². The van der Waals surface area contributed by atoms with Crippen molar-refractivity contribution in [1.29, 1.82) is 0 Å². The van der Waals surface area contributed by atoms with Gasteiger partial charge in [0, 0.05) is 18.7 Å². The number of hydrazone groups is 1. The molecule has 0 aliphatic carbocycles. The van der Waals surface area contributed by atoms with E-state index in [2.05, 4.69) is 6.07 Å². The summed E-state index contributed by atoms with van der Waals surface area (Å²) in [4.78, 5) is 29.0. The van der Waals surface area contributed by atoms with Crippen molar-refractivity contribution >= 4 is 28.3 Å². The smallest absolute Gasteiger partial charge is 0.254 e. The van der Waals surface area contributed by atoms with Gasteiger partial charge in [0.2, 0.25) is 0 Å². The fourth-order valence-electron chi connectivity index (χ4n) is 5.45. The van der Waals surface area contributed by atoms with E-state index < -0.39 is 5.41 Å². The van der Waals surface area contributed by atoms with Gasteiger partial charge in [0.1, 0.15) is 0 Å². The number of methoxy groups -OCH3 is 2. The maximum Gasteiger partial charge on any atom is 0.254 e. The fraction of sp³-hybridized carbons (Fsp3) is 0.367. The molecule has 0 N–H and O–H groups in total. The van der Waals surface area contributed by atoms with Crippen molar-refractivity contribution in [3.63, 3.8) is 0 Å². The van der Waals surface area contributed by atoms with Crippen molar-refractivity contribution in [3.8, 4) is 11.5 Å². The van der Waals surface area contributed by atoms with Crippen molar-refractivity contribution < 1.29 is 19.1 Å². The zero-order valence-corrected chi connectivity index (χ0v) is 22.1. The lowest BCUT2D eigenvalue weighted by Crippen LogP contribution is -2.47. The van der Waals surface area contributed by atoms with E-state index in [-0.39, 0.29) is 17.9 Å². The molecular formula is C30H33N3O4. The molecule has 2 aliphatic heterocycles. The quantitative estimate of drug-likeness (QED) is 0.493.